The number of nitriles is 1. The molecule has 0 fully saturated rings. The second-order valence-electron chi connectivity index (χ2n) is 5.09. The van der Waals surface area contributed by atoms with E-state index in [0.29, 0.717) is 5.69 Å². The van der Waals surface area contributed by atoms with E-state index in [2.05, 4.69) is 0 Å². The van der Waals surface area contributed by atoms with Crippen molar-refractivity contribution in [2.24, 2.45) is 0 Å². The number of carbonyl (C=O) groups excluding carboxylic acids is 2. The number of esters is 1. The van der Waals surface area contributed by atoms with E-state index >= 15 is 0 Å². The molecular weight excluding hydrogens is 349 g/mol. The van der Waals surface area contributed by atoms with Crippen LogP contribution in [0.1, 0.15) is 15.9 Å². The van der Waals surface area contributed by atoms with Gasteiger partial charge in [-0.25, -0.2) is 4.79 Å². The second-order valence-corrected chi connectivity index (χ2v) is 5.09. The minimum atomic E-state index is -4.73. The Labute approximate surface area is 147 Å². The minimum Gasteiger partial charge on any atom is -0.452 e. The predicted octanol–water partition coefficient (Wildman–Crippen LogP) is 3.42. The maximum absolute atomic E-state index is 12.9. The third-order valence-electron chi connectivity index (χ3n) is 3.38. The van der Waals surface area contributed by atoms with Crippen molar-refractivity contribution in [3.05, 3.63) is 65.7 Å². The Bertz CT molecular complexity index is 830. The van der Waals surface area contributed by atoms with Crippen LogP contribution in [0, 0.1) is 11.3 Å². The van der Waals surface area contributed by atoms with Gasteiger partial charge in [-0.15, -0.1) is 0 Å². The summed E-state index contributed by atoms with van der Waals surface area (Å²) in [6.45, 7) is -1.08. The molecule has 1 amide bonds. The highest BCUT2D eigenvalue weighted by atomic mass is 19.4. The van der Waals surface area contributed by atoms with Crippen molar-refractivity contribution < 1.29 is 27.5 Å². The number of amides is 1. The van der Waals surface area contributed by atoms with Crippen molar-refractivity contribution in [2.45, 2.75) is 6.18 Å². The molecule has 0 aliphatic carbocycles. The molecule has 5 nitrogen and oxygen atoms in total. The average Bonchev–Trinajstić information content (AvgIpc) is 2.64. The van der Waals surface area contributed by atoms with Gasteiger partial charge in [-0.05, 0) is 24.3 Å². The molecule has 0 bridgehead atoms. The number of hydrogen-bond acceptors (Lipinski definition) is 4. The van der Waals surface area contributed by atoms with Crippen LogP contribution in [0.5, 0.6) is 0 Å². The molecule has 0 heterocycles. The topological polar surface area (TPSA) is 70.4 Å². The molecule has 26 heavy (non-hydrogen) atoms. The summed E-state index contributed by atoms with van der Waals surface area (Å²) in [5.41, 5.74) is -1.42. The van der Waals surface area contributed by atoms with Crippen LogP contribution in [0.25, 0.3) is 0 Å². The van der Waals surface area contributed by atoms with Crippen LogP contribution in [-0.2, 0) is 15.7 Å². The van der Waals surface area contributed by atoms with Crippen molar-refractivity contribution in [1.82, 2.24) is 0 Å². The number of benzene rings is 2. The number of para-hydroxylation sites is 1. The molecule has 2 rings (SSSR count). The first kappa shape index (κ1) is 19.0. The zero-order chi connectivity index (χ0) is 19.2. The molecule has 0 spiro atoms. The largest absolute Gasteiger partial charge is 0.452 e. The Hall–Kier alpha value is -3.34. The average molecular weight is 362 g/mol. The minimum absolute atomic E-state index is 0.292. The van der Waals surface area contributed by atoms with E-state index in [1.807, 2.05) is 6.07 Å². The molecular formula is C18H13F3N2O3. The van der Waals surface area contributed by atoms with Crippen LogP contribution >= 0.6 is 0 Å². The van der Waals surface area contributed by atoms with Crippen molar-refractivity contribution >= 4 is 17.6 Å². The van der Waals surface area contributed by atoms with Crippen LogP contribution in [0.15, 0.2) is 54.6 Å². The number of anilines is 1. The maximum atomic E-state index is 12.9. The summed E-state index contributed by atoms with van der Waals surface area (Å²) in [5.74, 6) is -1.99. The van der Waals surface area contributed by atoms with Gasteiger partial charge in [0.1, 0.15) is 6.54 Å². The summed E-state index contributed by atoms with van der Waals surface area (Å²) in [4.78, 5) is 25.3. The molecule has 0 atom stereocenters. The zero-order valence-electron chi connectivity index (χ0n) is 13.4. The summed E-state index contributed by atoms with van der Waals surface area (Å²) in [6.07, 6.45) is -4.73. The third kappa shape index (κ3) is 4.60. The third-order valence-corrected chi connectivity index (χ3v) is 3.38. The lowest BCUT2D eigenvalue weighted by Crippen LogP contribution is -2.35. The SMILES string of the molecule is N#CCN(C(=O)COC(=O)c1ccccc1C(F)(F)F)c1ccccc1. The fourth-order valence-corrected chi connectivity index (χ4v) is 2.19. The monoisotopic (exact) mass is 362 g/mol. The lowest BCUT2D eigenvalue weighted by molar-refractivity contribution is -0.138. The van der Waals surface area contributed by atoms with Crippen molar-refractivity contribution in [3.63, 3.8) is 0 Å². The number of halogens is 3. The smallest absolute Gasteiger partial charge is 0.417 e. The van der Waals surface area contributed by atoms with E-state index in [1.165, 1.54) is 6.07 Å². The van der Waals surface area contributed by atoms with E-state index in [1.54, 1.807) is 30.3 Å². The number of ether oxygens (including phenoxy) is 1. The Morgan fingerprint density at radius 3 is 2.27 bits per heavy atom. The first-order chi connectivity index (χ1) is 12.3. The summed E-state index contributed by atoms with van der Waals surface area (Å²) in [7, 11) is 0. The van der Waals surface area contributed by atoms with Crippen LogP contribution in [0.2, 0.25) is 0 Å². The van der Waals surface area contributed by atoms with Gasteiger partial charge in [0, 0.05) is 5.69 Å². The lowest BCUT2D eigenvalue weighted by Gasteiger charge is -2.19. The highest BCUT2D eigenvalue weighted by Gasteiger charge is 2.35. The second kappa shape index (κ2) is 8.16. The van der Waals surface area contributed by atoms with Gasteiger partial charge in [0.25, 0.3) is 5.91 Å². The molecule has 2 aromatic carbocycles. The molecule has 0 aliphatic rings. The van der Waals surface area contributed by atoms with Gasteiger partial charge in [0.2, 0.25) is 0 Å². The normalized spacial score (nSPS) is 10.7. The predicted molar refractivity (Wildman–Crippen MR) is 86.1 cm³/mol. The number of alkyl halides is 3. The van der Waals surface area contributed by atoms with Crippen LogP contribution in [-0.4, -0.2) is 25.0 Å². The fourth-order valence-electron chi connectivity index (χ4n) is 2.19. The summed E-state index contributed by atoms with van der Waals surface area (Å²) >= 11 is 0. The van der Waals surface area contributed by atoms with E-state index < -0.39 is 35.8 Å². The van der Waals surface area contributed by atoms with E-state index in [-0.39, 0.29) is 6.54 Å². The van der Waals surface area contributed by atoms with E-state index in [0.717, 1.165) is 23.1 Å². The molecule has 0 aromatic heterocycles. The summed E-state index contributed by atoms with van der Waals surface area (Å²) in [5, 5.41) is 8.85. The first-order valence-electron chi connectivity index (χ1n) is 7.40. The maximum Gasteiger partial charge on any atom is 0.417 e. The quantitative estimate of drug-likeness (QED) is 0.604. The fraction of sp³-hybridized carbons (Fsp3) is 0.167. The molecule has 0 unspecified atom stereocenters. The number of carbonyl (C=O) groups is 2. The van der Waals surface area contributed by atoms with Crippen molar-refractivity contribution in [2.75, 3.05) is 18.1 Å². The highest BCUT2D eigenvalue weighted by molar-refractivity contribution is 5.97. The molecule has 0 saturated heterocycles. The molecule has 8 heteroatoms. The molecule has 0 radical (unpaired) electrons. The Morgan fingerprint density at radius 1 is 1.04 bits per heavy atom. The summed E-state index contributed by atoms with van der Waals surface area (Å²) < 4.78 is 43.6. The van der Waals surface area contributed by atoms with Gasteiger partial charge in [-0.2, -0.15) is 18.4 Å². The van der Waals surface area contributed by atoms with Gasteiger partial charge in [-0.3, -0.25) is 9.69 Å². The Morgan fingerprint density at radius 2 is 1.65 bits per heavy atom. The standard InChI is InChI=1S/C18H13F3N2O3/c19-18(20,21)15-9-5-4-8-14(15)17(25)26-12-16(24)23(11-10-22)13-6-2-1-3-7-13/h1-9H,11-12H2. The number of hydrogen-bond donors (Lipinski definition) is 0. The van der Waals surface area contributed by atoms with Gasteiger partial charge in [0.05, 0.1) is 17.2 Å². The van der Waals surface area contributed by atoms with Crippen LogP contribution < -0.4 is 4.90 Å². The van der Waals surface area contributed by atoms with Gasteiger partial charge in [-0.1, -0.05) is 30.3 Å². The molecule has 0 saturated carbocycles. The lowest BCUT2D eigenvalue weighted by atomic mass is 10.1. The first-order valence-corrected chi connectivity index (χ1v) is 7.40. The van der Waals surface area contributed by atoms with Crippen LogP contribution in [0.3, 0.4) is 0 Å². The van der Waals surface area contributed by atoms with E-state index in [4.69, 9.17) is 10.00 Å². The zero-order valence-corrected chi connectivity index (χ0v) is 13.4. The Balaban J connectivity index is 2.12. The van der Waals surface area contributed by atoms with Gasteiger partial charge < -0.3 is 4.74 Å². The molecule has 134 valence electrons. The van der Waals surface area contributed by atoms with Crippen LogP contribution in [0.4, 0.5) is 18.9 Å². The van der Waals surface area contributed by atoms with Gasteiger partial charge in [0.15, 0.2) is 6.61 Å². The van der Waals surface area contributed by atoms with Crippen molar-refractivity contribution in [1.29, 1.82) is 5.26 Å². The van der Waals surface area contributed by atoms with E-state index in [9.17, 15) is 22.8 Å². The Kier molecular flexibility index (Phi) is 5.96. The van der Waals surface area contributed by atoms with Gasteiger partial charge >= 0.3 is 12.1 Å². The molecule has 0 aliphatic heterocycles. The number of rotatable bonds is 5. The number of nitrogens with zero attached hydrogens (tertiary/aromatic N) is 2. The highest BCUT2D eigenvalue weighted by Crippen LogP contribution is 2.32. The molecule has 2 aromatic rings. The molecule has 0 N–H and O–H groups in total. The summed E-state index contributed by atoms with van der Waals surface area (Å²) in [6, 6.07) is 14.1. The van der Waals surface area contributed by atoms with Crippen molar-refractivity contribution in [3.8, 4) is 6.07 Å².